The molecule has 0 aromatic heterocycles. The predicted molar refractivity (Wildman–Crippen MR) is 147 cm³/mol. The van der Waals surface area contributed by atoms with Crippen LogP contribution >= 0.6 is 0 Å². The van der Waals surface area contributed by atoms with Gasteiger partial charge < -0.3 is 19.5 Å². The van der Waals surface area contributed by atoms with Crippen molar-refractivity contribution in [2.75, 3.05) is 0 Å². The van der Waals surface area contributed by atoms with Gasteiger partial charge in [-0.3, -0.25) is 9.59 Å². The summed E-state index contributed by atoms with van der Waals surface area (Å²) in [6.45, 7) is 2.20. The number of carbonyl (C=O) groups excluding carboxylic acids is 2. The van der Waals surface area contributed by atoms with Crippen molar-refractivity contribution in [3.63, 3.8) is 0 Å². The number of para-hydroxylation sites is 1. The third-order valence-electron chi connectivity index (χ3n) is 7.06. The fraction of sp³-hybridized carbons (Fsp3) is 0.152. The first-order valence-corrected chi connectivity index (χ1v) is 12.9. The van der Waals surface area contributed by atoms with Crippen LogP contribution in [-0.2, 0) is 22.6 Å². The zero-order valence-electron chi connectivity index (χ0n) is 21.4. The molecule has 39 heavy (non-hydrogen) atoms. The second kappa shape index (κ2) is 10.1. The van der Waals surface area contributed by atoms with E-state index in [1.54, 1.807) is 12.1 Å². The molecule has 0 saturated carbocycles. The van der Waals surface area contributed by atoms with E-state index in [1.165, 1.54) is 4.90 Å². The third-order valence-corrected chi connectivity index (χ3v) is 7.06. The van der Waals surface area contributed by atoms with Crippen molar-refractivity contribution in [1.82, 2.24) is 4.90 Å². The number of rotatable bonds is 6. The van der Waals surface area contributed by atoms with Crippen LogP contribution < -0.4 is 9.47 Å². The molecule has 0 aliphatic carbocycles. The Bertz CT molecular complexity index is 1580. The minimum Gasteiger partial charge on any atom is -0.507 e. The van der Waals surface area contributed by atoms with Gasteiger partial charge >= 0.3 is 0 Å². The molecule has 4 aromatic carbocycles. The minimum absolute atomic E-state index is 0.0428. The maximum atomic E-state index is 13.5. The van der Waals surface area contributed by atoms with Gasteiger partial charge in [-0.25, -0.2) is 0 Å². The van der Waals surface area contributed by atoms with Crippen molar-refractivity contribution in [3.05, 3.63) is 131 Å². The number of amides is 1. The third kappa shape index (κ3) is 4.77. The Hall–Kier alpha value is -4.84. The first-order valence-electron chi connectivity index (χ1n) is 12.9. The van der Waals surface area contributed by atoms with Crippen LogP contribution in [0.2, 0.25) is 0 Å². The lowest BCUT2D eigenvalue weighted by Crippen LogP contribution is -2.29. The highest BCUT2D eigenvalue weighted by Crippen LogP contribution is 2.42. The Morgan fingerprint density at radius 2 is 1.62 bits per heavy atom. The number of hydrogen-bond donors (Lipinski definition) is 1. The Morgan fingerprint density at radius 3 is 2.38 bits per heavy atom. The molecular weight excluding hydrogens is 490 g/mol. The van der Waals surface area contributed by atoms with Gasteiger partial charge in [0.1, 0.15) is 29.1 Å². The van der Waals surface area contributed by atoms with Crippen LogP contribution in [0.15, 0.2) is 109 Å². The van der Waals surface area contributed by atoms with Gasteiger partial charge in [0.05, 0.1) is 11.6 Å². The zero-order chi connectivity index (χ0) is 26.9. The van der Waals surface area contributed by atoms with E-state index < -0.39 is 17.7 Å². The second-order valence-electron chi connectivity index (χ2n) is 9.86. The minimum atomic E-state index is -0.798. The molecule has 1 saturated heterocycles. The van der Waals surface area contributed by atoms with Crippen molar-refractivity contribution in [1.29, 1.82) is 0 Å². The summed E-state index contributed by atoms with van der Waals surface area (Å²) in [5.74, 6) is 0.428. The summed E-state index contributed by atoms with van der Waals surface area (Å²) in [4.78, 5) is 28.4. The molecule has 6 rings (SSSR count). The summed E-state index contributed by atoms with van der Waals surface area (Å²) in [5.41, 5.74) is 3.04. The molecule has 6 nitrogen and oxygen atoms in total. The van der Waals surface area contributed by atoms with E-state index in [0.29, 0.717) is 29.0 Å². The summed E-state index contributed by atoms with van der Waals surface area (Å²) in [7, 11) is 0. The Labute approximate surface area is 226 Å². The Morgan fingerprint density at radius 1 is 0.897 bits per heavy atom. The molecule has 1 N–H and O–H groups in total. The maximum Gasteiger partial charge on any atom is 0.295 e. The molecule has 2 aliphatic heterocycles. The number of aliphatic hydroxyl groups is 1. The summed E-state index contributed by atoms with van der Waals surface area (Å²) >= 11 is 0. The summed E-state index contributed by atoms with van der Waals surface area (Å²) in [5, 5.41) is 11.5. The number of hydrogen-bond acceptors (Lipinski definition) is 5. The van der Waals surface area contributed by atoms with Gasteiger partial charge in [-0.05, 0) is 66.1 Å². The highest BCUT2D eigenvalue weighted by molar-refractivity contribution is 6.46. The van der Waals surface area contributed by atoms with Crippen LogP contribution in [0, 0.1) is 0 Å². The van der Waals surface area contributed by atoms with Crippen molar-refractivity contribution in [3.8, 4) is 17.2 Å². The second-order valence-corrected chi connectivity index (χ2v) is 9.86. The van der Waals surface area contributed by atoms with E-state index >= 15 is 0 Å². The molecule has 2 heterocycles. The molecule has 2 atom stereocenters. The van der Waals surface area contributed by atoms with E-state index in [0.717, 1.165) is 16.9 Å². The lowest BCUT2D eigenvalue weighted by Gasteiger charge is -2.26. The number of benzene rings is 4. The van der Waals surface area contributed by atoms with Crippen molar-refractivity contribution >= 4 is 17.4 Å². The maximum absolute atomic E-state index is 13.5. The number of ketones is 1. The number of ether oxygens (including phenoxy) is 2. The zero-order valence-corrected chi connectivity index (χ0v) is 21.4. The fourth-order valence-electron chi connectivity index (χ4n) is 5.27. The van der Waals surface area contributed by atoms with Gasteiger partial charge in [-0.1, -0.05) is 60.7 Å². The van der Waals surface area contributed by atoms with Crippen LogP contribution in [-0.4, -0.2) is 27.8 Å². The highest BCUT2D eigenvalue weighted by atomic mass is 16.5. The lowest BCUT2D eigenvalue weighted by molar-refractivity contribution is -0.140. The average molecular weight is 518 g/mol. The number of fused-ring (bicyclic) bond motifs is 1. The first-order chi connectivity index (χ1) is 19.0. The molecule has 4 aromatic rings. The van der Waals surface area contributed by atoms with Gasteiger partial charge in [-0.2, -0.15) is 0 Å². The van der Waals surface area contributed by atoms with E-state index in [1.807, 2.05) is 97.9 Å². The normalized spacial score (nSPS) is 19.6. The van der Waals surface area contributed by atoms with E-state index in [9.17, 15) is 14.7 Å². The van der Waals surface area contributed by atoms with Crippen LogP contribution in [0.3, 0.4) is 0 Å². The fourth-order valence-corrected chi connectivity index (χ4v) is 5.27. The Kier molecular flexibility index (Phi) is 6.37. The van der Waals surface area contributed by atoms with Crippen LogP contribution in [0.4, 0.5) is 0 Å². The molecule has 0 bridgehead atoms. The summed E-state index contributed by atoms with van der Waals surface area (Å²) in [6, 6.07) is 30.8. The van der Waals surface area contributed by atoms with Crippen molar-refractivity contribution in [2.45, 2.75) is 32.0 Å². The summed E-state index contributed by atoms with van der Waals surface area (Å²) in [6.07, 6.45) is 0.752. The molecule has 0 spiro atoms. The van der Waals surface area contributed by atoms with E-state index in [4.69, 9.17) is 9.47 Å². The first kappa shape index (κ1) is 24.5. The monoisotopic (exact) mass is 517 g/mol. The Balaban J connectivity index is 1.45. The smallest absolute Gasteiger partial charge is 0.295 e. The molecule has 1 fully saturated rings. The standard InChI is InChI=1S/C33H27NO5/c1-21-17-25-18-24(15-16-28(25)38-21)31(35)29-30(34(33(37)32(29)36)20-22-9-4-2-5-10-22)23-11-8-14-27(19-23)39-26-12-6-3-7-13-26/h2-16,18-19,21,30,35H,17,20H2,1H3/t21-,30-/m1/s1. The quantitative estimate of drug-likeness (QED) is 0.181. The average Bonchev–Trinajstić information content (AvgIpc) is 3.45. The van der Waals surface area contributed by atoms with Gasteiger partial charge in [0, 0.05) is 18.5 Å². The van der Waals surface area contributed by atoms with E-state index in [2.05, 4.69) is 0 Å². The lowest BCUT2D eigenvalue weighted by atomic mass is 9.94. The molecule has 6 heteroatoms. The topological polar surface area (TPSA) is 76.1 Å². The number of nitrogens with zero attached hydrogens (tertiary/aromatic N) is 1. The van der Waals surface area contributed by atoms with Crippen molar-refractivity contribution in [2.24, 2.45) is 0 Å². The van der Waals surface area contributed by atoms with Gasteiger partial charge in [0.25, 0.3) is 11.7 Å². The SMILES string of the molecule is C[C@@H]1Cc2cc(C(O)=C3C(=O)C(=O)N(Cc4ccccc4)[C@@H]3c3cccc(Oc4ccccc4)c3)ccc2O1. The van der Waals surface area contributed by atoms with Gasteiger partial charge in [-0.15, -0.1) is 0 Å². The predicted octanol–water partition coefficient (Wildman–Crippen LogP) is 6.42. The number of aliphatic hydroxyl groups excluding tert-OH is 1. The number of carbonyl (C=O) groups is 2. The van der Waals surface area contributed by atoms with E-state index in [-0.39, 0.29) is 24.0 Å². The van der Waals surface area contributed by atoms with Crippen molar-refractivity contribution < 1.29 is 24.2 Å². The molecule has 194 valence electrons. The molecule has 0 unspecified atom stereocenters. The highest BCUT2D eigenvalue weighted by Gasteiger charge is 2.46. The van der Waals surface area contributed by atoms with Gasteiger partial charge in [0.2, 0.25) is 0 Å². The molecule has 1 amide bonds. The van der Waals surface area contributed by atoms with Crippen LogP contribution in [0.25, 0.3) is 5.76 Å². The molecule has 0 radical (unpaired) electrons. The van der Waals surface area contributed by atoms with Crippen LogP contribution in [0.1, 0.15) is 35.2 Å². The number of likely N-dealkylation sites (tertiary alicyclic amines) is 1. The molecular formula is C33H27NO5. The van der Waals surface area contributed by atoms with Crippen LogP contribution in [0.5, 0.6) is 17.2 Å². The summed E-state index contributed by atoms with van der Waals surface area (Å²) < 4.78 is 11.8. The molecule has 2 aliphatic rings. The largest absolute Gasteiger partial charge is 0.507 e. The number of Topliss-reactive ketones (excluding diaryl/α,β-unsaturated/α-hetero) is 1. The van der Waals surface area contributed by atoms with Gasteiger partial charge in [0.15, 0.2) is 0 Å².